The van der Waals surface area contributed by atoms with Crippen LogP contribution in [0.5, 0.6) is 11.5 Å². The van der Waals surface area contributed by atoms with E-state index in [-0.39, 0.29) is 23.8 Å². The van der Waals surface area contributed by atoms with Gasteiger partial charge in [-0.2, -0.15) is 0 Å². The van der Waals surface area contributed by atoms with Crippen LogP contribution in [-0.4, -0.2) is 24.0 Å². The third-order valence-electron chi connectivity index (χ3n) is 3.46. The molecule has 0 saturated heterocycles. The van der Waals surface area contributed by atoms with Crippen LogP contribution < -0.4 is 9.47 Å². The second-order valence-electron chi connectivity index (χ2n) is 5.51. The van der Waals surface area contributed by atoms with Crippen molar-refractivity contribution in [1.29, 1.82) is 0 Å². The zero-order chi connectivity index (χ0) is 19.3. The molecule has 0 bridgehead atoms. The van der Waals surface area contributed by atoms with Crippen LogP contribution in [0.25, 0.3) is 11.1 Å². The first-order valence-corrected chi connectivity index (χ1v) is 8.04. The Bertz CT molecular complexity index is 790. The zero-order valence-electron chi connectivity index (χ0n) is 13.8. The van der Waals surface area contributed by atoms with E-state index in [0.717, 1.165) is 11.6 Å². The minimum atomic E-state index is -4.78. The molecule has 2 aromatic carbocycles. The van der Waals surface area contributed by atoms with Gasteiger partial charge in [0.25, 0.3) is 0 Å². The van der Waals surface area contributed by atoms with Gasteiger partial charge in [-0.1, -0.05) is 17.7 Å². The molecule has 8 heteroatoms. The molecule has 0 aromatic heterocycles. The molecular formula is C18H16ClF3O4. The zero-order valence-corrected chi connectivity index (χ0v) is 14.5. The van der Waals surface area contributed by atoms with Crippen molar-refractivity contribution in [3.8, 4) is 22.6 Å². The molecule has 0 spiro atoms. The number of carboxylic acids is 1. The van der Waals surface area contributed by atoms with Gasteiger partial charge >= 0.3 is 12.3 Å². The summed E-state index contributed by atoms with van der Waals surface area (Å²) in [5.41, 5.74) is 1.79. The smallest absolute Gasteiger partial charge is 0.494 e. The molecular weight excluding hydrogens is 373 g/mol. The van der Waals surface area contributed by atoms with Crippen molar-refractivity contribution in [2.75, 3.05) is 6.61 Å². The highest BCUT2D eigenvalue weighted by Gasteiger charge is 2.31. The number of hydrogen-bond acceptors (Lipinski definition) is 3. The lowest BCUT2D eigenvalue weighted by Gasteiger charge is -2.14. The van der Waals surface area contributed by atoms with E-state index in [9.17, 15) is 18.0 Å². The maximum atomic E-state index is 12.4. The van der Waals surface area contributed by atoms with E-state index >= 15 is 0 Å². The molecule has 2 rings (SSSR count). The lowest BCUT2D eigenvalue weighted by atomic mass is 10.00. The fraction of sp³-hybridized carbons (Fsp3) is 0.278. The first kappa shape index (κ1) is 19.9. The number of benzene rings is 2. The quantitative estimate of drug-likeness (QED) is 0.640. The largest absolute Gasteiger partial charge is 0.573 e. The minimum Gasteiger partial charge on any atom is -0.494 e. The molecule has 0 heterocycles. The lowest BCUT2D eigenvalue weighted by molar-refractivity contribution is -0.274. The summed E-state index contributed by atoms with van der Waals surface area (Å²) in [5.74, 6) is -0.712. The van der Waals surface area contributed by atoms with Crippen LogP contribution in [0.4, 0.5) is 13.2 Å². The van der Waals surface area contributed by atoms with E-state index in [2.05, 4.69) is 4.74 Å². The Kier molecular flexibility index (Phi) is 6.37. The fourth-order valence-corrected chi connectivity index (χ4v) is 2.57. The van der Waals surface area contributed by atoms with Crippen LogP contribution in [0.15, 0.2) is 36.4 Å². The van der Waals surface area contributed by atoms with Gasteiger partial charge in [0.15, 0.2) is 0 Å². The van der Waals surface area contributed by atoms with Crippen LogP contribution >= 0.6 is 11.6 Å². The van der Waals surface area contributed by atoms with Crippen molar-refractivity contribution in [2.24, 2.45) is 0 Å². The Morgan fingerprint density at radius 2 is 1.81 bits per heavy atom. The van der Waals surface area contributed by atoms with Crippen LogP contribution in [-0.2, 0) is 4.79 Å². The number of halogens is 4. The molecule has 26 heavy (non-hydrogen) atoms. The predicted molar refractivity (Wildman–Crippen MR) is 90.7 cm³/mol. The maximum absolute atomic E-state index is 12.4. The molecule has 2 aromatic rings. The van der Waals surface area contributed by atoms with Crippen molar-refractivity contribution in [3.63, 3.8) is 0 Å². The summed E-state index contributed by atoms with van der Waals surface area (Å²) < 4.78 is 46.6. The molecule has 0 atom stereocenters. The highest BCUT2D eigenvalue weighted by atomic mass is 35.5. The molecule has 1 N–H and O–H groups in total. The van der Waals surface area contributed by atoms with Crippen molar-refractivity contribution in [1.82, 2.24) is 0 Å². The van der Waals surface area contributed by atoms with Crippen molar-refractivity contribution >= 4 is 17.6 Å². The Hall–Kier alpha value is -2.41. The van der Waals surface area contributed by atoms with Crippen molar-refractivity contribution in [3.05, 3.63) is 47.0 Å². The third-order valence-corrected chi connectivity index (χ3v) is 3.79. The van der Waals surface area contributed by atoms with Gasteiger partial charge in [0.05, 0.1) is 6.61 Å². The topological polar surface area (TPSA) is 55.8 Å². The Morgan fingerprint density at radius 3 is 2.42 bits per heavy atom. The van der Waals surface area contributed by atoms with Gasteiger partial charge in [0.1, 0.15) is 11.5 Å². The number of aryl methyl sites for hydroxylation is 1. The first-order chi connectivity index (χ1) is 12.2. The number of hydrogen-bond donors (Lipinski definition) is 1. The molecule has 0 saturated carbocycles. The third kappa shape index (κ3) is 5.84. The summed E-state index contributed by atoms with van der Waals surface area (Å²) in [7, 11) is 0. The molecule has 0 aliphatic carbocycles. The van der Waals surface area contributed by atoms with Crippen LogP contribution in [0.1, 0.15) is 18.4 Å². The van der Waals surface area contributed by atoms with Crippen molar-refractivity contribution in [2.45, 2.75) is 26.1 Å². The number of aliphatic carboxylic acids is 1. The molecule has 140 valence electrons. The summed E-state index contributed by atoms with van der Waals surface area (Å²) >= 11 is 6.12. The van der Waals surface area contributed by atoms with Gasteiger partial charge < -0.3 is 14.6 Å². The molecule has 0 aliphatic rings. The minimum absolute atomic E-state index is 0.0126. The highest BCUT2D eigenvalue weighted by Crippen LogP contribution is 2.36. The molecule has 0 unspecified atom stereocenters. The van der Waals surface area contributed by atoms with E-state index in [1.807, 2.05) is 0 Å². The monoisotopic (exact) mass is 388 g/mol. The maximum Gasteiger partial charge on any atom is 0.573 e. The summed E-state index contributed by atoms with van der Waals surface area (Å²) in [6, 6.07) is 8.76. The molecule has 0 amide bonds. The highest BCUT2D eigenvalue weighted by molar-refractivity contribution is 6.33. The fourth-order valence-electron chi connectivity index (χ4n) is 2.35. The van der Waals surface area contributed by atoms with Crippen molar-refractivity contribution < 1.29 is 32.5 Å². The van der Waals surface area contributed by atoms with E-state index in [0.29, 0.717) is 23.3 Å². The lowest BCUT2D eigenvalue weighted by Crippen LogP contribution is -2.17. The van der Waals surface area contributed by atoms with E-state index < -0.39 is 12.3 Å². The second-order valence-corrected chi connectivity index (χ2v) is 5.92. The molecule has 0 fully saturated rings. The van der Waals surface area contributed by atoms with Crippen LogP contribution in [0.3, 0.4) is 0 Å². The van der Waals surface area contributed by atoms with E-state index in [1.165, 1.54) is 12.1 Å². The first-order valence-electron chi connectivity index (χ1n) is 7.66. The average molecular weight is 389 g/mol. The van der Waals surface area contributed by atoms with Gasteiger partial charge in [0, 0.05) is 17.0 Å². The number of alkyl halides is 3. The molecule has 0 radical (unpaired) electrons. The number of ether oxygens (including phenoxy) is 2. The van der Waals surface area contributed by atoms with Crippen LogP contribution in [0.2, 0.25) is 5.02 Å². The molecule has 0 aliphatic heterocycles. The van der Waals surface area contributed by atoms with Gasteiger partial charge in [0.2, 0.25) is 0 Å². The average Bonchev–Trinajstić information content (AvgIpc) is 2.52. The Morgan fingerprint density at radius 1 is 1.12 bits per heavy atom. The van der Waals surface area contributed by atoms with E-state index in [1.54, 1.807) is 25.1 Å². The van der Waals surface area contributed by atoms with Gasteiger partial charge in [-0.25, -0.2) is 0 Å². The van der Waals surface area contributed by atoms with Crippen LogP contribution in [0, 0.1) is 6.92 Å². The summed E-state index contributed by atoms with van der Waals surface area (Å²) in [6.07, 6.45) is -4.40. The summed E-state index contributed by atoms with van der Waals surface area (Å²) in [5, 5.41) is 8.88. The van der Waals surface area contributed by atoms with Gasteiger partial charge in [-0.3, -0.25) is 4.79 Å². The molecule has 4 nitrogen and oxygen atoms in total. The number of carboxylic acid groups (broad SMARTS) is 1. The van der Waals surface area contributed by atoms with E-state index in [4.69, 9.17) is 21.4 Å². The normalized spacial score (nSPS) is 11.3. The summed E-state index contributed by atoms with van der Waals surface area (Å²) in [4.78, 5) is 10.5. The Balaban J connectivity index is 2.18. The predicted octanol–water partition coefficient (Wildman–Crippen LogP) is 5.46. The second kappa shape index (κ2) is 8.31. The number of rotatable bonds is 7. The standard InChI is InChI=1S/C18H16ClF3O4/c1-11-9-12(25-8-2-3-17(23)24)4-6-14(11)15-10-13(5-7-16(15)19)26-18(20,21)22/h4-7,9-10H,2-3,8H2,1H3,(H,23,24). The SMILES string of the molecule is Cc1cc(OCCCC(=O)O)ccc1-c1cc(OC(F)(F)F)ccc1Cl. The number of carbonyl (C=O) groups is 1. The Labute approximate surface area is 153 Å². The summed E-state index contributed by atoms with van der Waals surface area (Å²) in [6.45, 7) is 2.02. The van der Waals surface area contributed by atoms with Gasteiger partial charge in [-0.05, 0) is 54.8 Å². The van der Waals surface area contributed by atoms with Gasteiger partial charge in [-0.15, -0.1) is 13.2 Å².